The molecule has 2 aliphatic heterocycles. The lowest BCUT2D eigenvalue weighted by atomic mass is 9.43. The third kappa shape index (κ3) is 3.62. The van der Waals surface area contributed by atoms with Crippen LogP contribution in [0.3, 0.4) is 0 Å². The fourth-order valence-corrected chi connectivity index (χ4v) is 8.26. The van der Waals surface area contributed by atoms with Gasteiger partial charge in [-0.15, -0.1) is 0 Å². The number of furan rings is 1. The van der Waals surface area contributed by atoms with Gasteiger partial charge in [0, 0.05) is 5.39 Å². The summed E-state index contributed by atoms with van der Waals surface area (Å²) in [6.07, 6.45) is 7.13. The van der Waals surface area contributed by atoms with Gasteiger partial charge in [-0.3, -0.25) is 4.79 Å². The molecule has 2 aromatic carbocycles. The SMILES string of the molecule is CC1(C)[C@@H]2C[C@H]3OB([C@H](Cc4coc5ccccc45)NC(=O)Cc4ccc5c(c4)C4(CC4)OC5)O[C@@]3(C)[C@H]1C2. The number of rotatable bonds is 6. The first-order valence-corrected chi connectivity index (χ1v) is 14.6. The van der Waals surface area contributed by atoms with Gasteiger partial charge in [0.05, 0.1) is 42.5 Å². The molecule has 3 heterocycles. The molecule has 6 nitrogen and oxygen atoms in total. The lowest BCUT2D eigenvalue weighted by Gasteiger charge is -2.64. The van der Waals surface area contributed by atoms with Gasteiger partial charge < -0.3 is 23.8 Å². The summed E-state index contributed by atoms with van der Waals surface area (Å²) in [5.74, 6) is 0.794. The number of benzene rings is 2. The molecule has 5 atom stereocenters. The zero-order valence-corrected chi connectivity index (χ0v) is 23.0. The molecule has 7 heteroatoms. The topological polar surface area (TPSA) is 69.9 Å². The van der Waals surface area contributed by atoms with Gasteiger partial charge in [-0.2, -0.15) is 0 Å². The van der Waals surface area contributed by atoms with Gasteiger partial charge in [-0.1, -0.05) is 50.2 Å². The number of amides is 1. The van der Waals surface area contributed by atoms with E-state index in [1.165, 1.54) is 17.5 Å². The molecule has 0 radical (unpaired) electrons. The first kappa shape index (κ1) is 24.2. The third-order valence-corrected chi connectivity index (χ3v) is 10.9. The maximum Gasteiger partial charge on any atom is 0.482 e. The second-order valence-corrected chi connectivity index (χ2v) is 13.4. The van der Waals surface area contributed by atoms with E-state index >= 15 is 0 Å². The van der Waals surface area contributed by atoms with Crippen LogP contribution in [-0.2, 0) is 43.9 Å². The van der Waals surface area contributed by atoms with Crippen molar-refractivity contribution in [2.75, 3.05) is 0 Å². The Morgan fingerprint density at radius 1 is 1.13 bits per heavy atom. The molecule has 6 aliphatic rings. The lowest BCUT2D eigenvalue weighted by molar-refractivity contribution is -0.199. The quantitative estimate of drug-likeness (QED) is 0.431. The van der Waals surface area contributed by atoms with Crippen molar-refractivity contribution in [3.63, 3.8) is 0 Å². The predicted molar refractivity (Wildman–Crippen MR) is 148 cm³/mol. The van der Waals surface area contributed by atoms with Gasteiger partial charge >= 0.3 is 7.12 Å². The summed E-state index contributed by atoms with van der Waals surface area (Å²) in [6, 6.07) is 14.4. The summed E-state index contributed by atoms with van der Waals surface area (Å²) in [6.45, 7) is 7.64. The van der Waals surface area contributed by atoms with Crippen LogP contribution in [0, 0.1) is 17.3 Å². The maximum absolute atomic E-state index is 13.5. The third-order valence-electron chi connectivity index (χ3n) is 10.9. The summed E-state index contributed by atoms with van der Waals surface area (Å²) >= 11 is 0. The van der Waals surface area contributed by atoms with Crippen LogP contribution in [-0.4, -0.2) is 30.7 Å². The van der Waals surface area contributed by atoms with E-state index < -0.39 is 7.12 Å². The number of para-hydroxylation sites is 1. The number of ether oxygens (including phenoxy) is 1. The molecule has 1 spiro atoms. The first-order valence-electron chi connectivity index (χ1n) is 14.6. The molecule has 9 rings (SSSR count). The van der Waals surface area contributed by atoms with Gasteiger partial charge in [0.1, 0.15) is 5.58 Å². The van der Waals surface area contributed by atoms with E-state index in [0.29, 0.717) is 31.3 Å². The van der Waals surface area contributed by atoms with Crippen LogP contribution in [0.15, 0.2) is 53.1 Å². The van der Waals surface area contributed by atoms with E-state index in [1.807, 2.05) is 24.5 Å². The highest BCUT2D eigenvalue weighted by Gasteiger charge is 2.68. The largest absolute Gasteiger partial charge is 0.482 e. The van der Waals surface area contributed by atoms with Crippen molar-refractivity contribution in [3.8, 4) is 0 Å². The minimum Gasteiger partial charge on any atom is -0.464 e. The molecule has 4 saturated carbocycles. The Bertz CT molecular complexity index is 1480. The summed E-state index contributed by atoms with van der Waals surface area (Å²) in [7, 11) is -0.504. The Hall–Kier alpha value is -2.61. The van der Waals surface area contributed by atoms with Gasteiger partial charge in [0.25, 0.3) is 0 Å². The second-order valence-electron chi connectivity index (χ2n) is 13.4. The molecule has 0 unspecified atom stereocenters. The van der Waals surface area contributed by atoms with Crippen LogP contribution >= 0.6 is 0 Å². The summed E-state index contributed by atoms with van der Waals surface area (Å²) < 4.78 is 25.4. The average molecular weight is 525 g/mol. The number of hydrogen-bond donors (Lipinski definition) is 1. The standard InChI is InChI=1S/C32H36BNO5/c1-30(2)22-15-26(30)31(3)27(16-22)38-33(39-31)28(14-21-17-36-25-7-5-4-6-23(21)25)34-29(35)13-19-8-9-20-18-37-32(10-11-32)24(20)12-19/h4-9,12,17,22,26-28H,10-11,13-16,18H2,1-3H3,(H,34,35)/t22-,26-,27+,28-,31-/m0/s1. The predicted octanol–water partition coefficient (Wildman–Crippen LogP) is 5.49. The Labute approximate surface area is 229 Å². The molecule has 1 saturated heterocycles. The highest BCUT2D eigenvalue weighted by molar-refractivity contribution is 6.48. The molecule has 3 aromatic rings. The van der Waals surface area contributed by atoms with Crippen LogP contribution in [0.2, 0.25) is 0 Å². The Kier molecular flexibility index (Phi) is 5.10. The van der Waals surface area contributed by atoms with Crippen molar-refractivity contribution in [2.45, 2.75) is 89.2 Å². The van der Waals surface area contributed by atoms with Gasteiger partial charge in [0.15, 0.2) is 0 Å². The zero-order chi connectivity index (χ0) is 26.6. The monoisotopic (exact) mass is 525 g/mol. The minimum absolute atomic E-state index is 0.0200. The van der Waals surface area contributed by atoms with Crippen LogP contribution in [0.25, 0.3) is 11.0 Å². The zero-order valence-electron chi connectivity index (χ0n) is 23.0. The molecular weight excluding hydrogens is 489 g/mol. The molecule has 5 fully saturated rings. The Balaban J connectivity index is 1.05. The summed E-state index contributed by atoms with van der Waals surface area (Å²) in [4.78, 5) is 13.5. The van der Waals surface area contributed by atoms with E-state index in [1.54, 1.807) is 0 Å². The maximum atomic E-state index is 13.5. The number of carbonyl (C=O) groups is 1. The van der Waals surface area contributed by atoms with E-state index in [0.717, 1.165) is 41.4 Å². The number of fused-ring (bicyclic) bond motifs is 3. The molecule has 202 valence electrons. The van der Waals surface area contributed by atoms with Crippen LogP contribution in [0.4, 0.5) is 0 Å². The van der Waals surface area contributed by atoms with Gasteiger partial charge in [-0.25, -0.2) is 0 Å². The van der Waals surface area contributed by atoms with Crippen LogP contribution in [0.5, 0.6) is 0 Å². The Morgan fingerprint density at radius 3 is 2.79 bits per heavy atom. The van der Waals surface area contributed by atoms with Crippen molar-refractivity contribution in [2.24, 2.45) is 17.3 Å². The van der Waals surface area contributed by atoms with Gasteiger partial charge in [-0.05, 0) is 84.6 Å². The van der Waals surface area contributed by atoms with Crippen LogP contribution < -0.4 is 5.32 Å². The van der Waals surface area contributed by atoms with Crippen molar-refractivity contribution in [1.29, 1.82) is 0 Å². The van der Waals surface area contributed by atoms with Crippen molar-refractivity contribution in [1.82, 2.24) is 5.32 Å². The van der Waals surface area contributed by atoms with Crippen molar-refractivity contribution in [3.05, 3.63) is 71.0 Å². The van der Waals surface area contributed by atoms with E-state index in [4.69, 9.17) is 18.5 Å². The van der Waals surface area contributed by atoms with Crippen LogP contribution in [0.1, 0.15) is 68.7 Å². The van der Waals surface area contributed by atoms with E-state index in [9.17, 15) is 4.79 Å². The molecule has 39 heavy (non-hydrogen) atoms. The number of nitrogens with one attached hydrogen (secondary N) is 1. The highest BCUT2D eigenvalue weighted by Crippen LogP contribution is 2.65. The second kappa shape index (κ2) is 8.21. The highest BCUT2D eigenvalue weighted by atomic mass is 16.7. The molecular formula is C32H36BNO5. The Morgan fingerprint density at radius 2 is 1.97 bits per heavy atom. The first-order chi connectivity index (χ1) is 18.7. The summed E-state index contributed by atoms with van der Waals surface area (Å²) in [5.41, 5.74) is 5.30. The van der Waals surface area contributed by atoms with E-state index in [2.05, 4.69) is 50.4 Å². The molecule has 4 aliphatic carbocycles. The smallest absolute Gasteiger partial charge is 0.464 e. The molecule has 1 amide bonds. The van der Waals surface area contributed by atoms with E-state index in [-0.39, 0.29) is 34.6 Å². The number of hydrogen-bond acceptors (Lipinski definition) is 5. The fraction of sp³-hybridized carbons (Fsp3) is 0.531. The molecule has 1 N–H and O–H groups in total. The van der Waals surface area contributed by atoms with Crippen molar-refractivity contribution >= 4 is 24.0 Å². The summed E-state index contributed by atoms with van der Waals surface area (Å²) in [5, 5.41) is 4.39. The fourth-order valence-electron chi connectivity index (χ4n) is 8.26. The minimum atomic E-state index is -0.504. The van der Waals surface area contributed by atoms with Crippen molar-refractivity contribution < 1.29 is 23.3 Å². The van der Waals surface area contributed by atoms with Gasteiger partial charge in [0.2, 0.25) is 5.91 Å². The molecule has 2 bridgehead atoms. The lowest BCUT2D eigenvalue weighted by Crippen LogP contribution is -2.65. The molecule has 1 aromatic heterocycles. The number of carbonyl (C=O) groups excluding carboxylic acids is 1. The normalized spacial score (nSPS) is 31.6. The average Bonchev–Trinajstić information content (AvgIpc) is 3.26.